The van der Waals surface area contributed by atoms with Crippen LogP contribution in [0.1, 0.15) is 32.0 Å². The van der Waals surface area contributed by atoms with Gasteiger partial charge in [-0.15, -0.1) is 0 Å². The SMILES string of the molecule is CCN(CC)CC.COCCOCCOCCOc1cc(Nc2nccc(Oc3ccc(NC(=O)Nc4cc(C(F)(F)C(F)(F)F)nn4-c4ccc(C)cc4)c4ccccc34)n2)cc(OC)c1. The molecule has 2 amide bonds. The van der Waals surface area contributed by atoms with Gasteiger partial charge in [0, 0.05) is 60.1 Å². The van der Waals surface area contributed by atoms with E-state index in [9.17, 15) is 26.7 Å². The highest BCUT2D eigenvalue weighted by molar-refractivity contribution is 6.07. The number of alkyl halides is 5. The lowest BCUT2D eigenvalue weighted by Crippen LogP contribution is -2.34. The van der Waals surface area contributed by atoms with Crippen molar-refractivity contribution in [3.05, 3.63) is 108 Å². The van der Waals surface area contributed by atoms with E-state index >= 15 is 0 Å². The largest absolute Gasteiger partial charge is 0.497 e. The first-order valence-electron chi connectivity index (χ1n) is 21.4. The van der Waals surface area contributed by atoms with Crippen LogP contribution in [0.15, 0.2) is 97.2 Å². The van der Waals surface area contributed by atoms with Gasteiger partial charge in [-0.25, -0.2) is 14.5 Å². The highest BCUT2D eigenvalue weighted by atomic mass is 19.4. The number of hydrogen-bond donors (Lipinski definition) is 3. The summed E-state index contributed by atoms with van der Waals surface area (Å²) in [7, 11) is 3.13. The minimum atomic E-state index is -5.92. The molecule has 6 aromatic rings. The number of anilines is 4. The molecule has 2 heterocycles. The Balaban J connectivity index is 0.00000111. The lowest BCUT2D eigenvalue weighted by Gasteiger charge is -2.16. The van der Waals surface area contributed by atoms with E-state index in [1.807, 2.05) is 0 Å². The molecule has 4 aromatic carbocycles. The first-order chi connectivity index (χ1) is 32.2. The van der Waals surface area contributed by atoms with E-state index < -0.39 is 29.6 Å². The molecule has 0 bridgehead atoms. The van der Waals surface area contributed by atoms with Crippen molar-refractivity contribution in [1.29, 1.82) is 0 Å². The van der Waals surface area contributed by atoms with E-state index in [1.54, 1.807) is 80.8 Å². The second-order valence-corrected chi connectivity index (χ2v) is 14.5. The summed E-state index contributed by atoms with van der Waals surface area (Å²) in [5.74, 6) is -3.94. The Morgan fingerprint density at radius 2 is 1.40 bits per heavy atom. The number of methoxy groups -OCH3 is 2. The van der Waals surface area contributed by atoms with Crippen LogP contribution in [0.4, 0.5) is 49.9 Å². The quantitative estimate of drug-likeness (QED) is 0.0438. The Labute approximate surface area is 385 Å². The summed E-state index contributed by atoms with van der Waals surface area (Å²) in [6.07, 6.45) is -4.42. The number of nitrogens with one attached hydrogen (secondary N) is 3. The first-order valence-corrected chi connectivity index (χ1v) is 21.4. The topological polar surface area (TPSA) is 155 Å². The normalized spacial score (nSPS) is 11.5. The molecule has 0 aliphatic carbocycles. The molecule has 360 valence electrons. The van der Waals surface area contributed by atoms with Gasteiger partial charge in [-0.1, -0.05) is 62.7 Å². The highest BCUT2D eigenvalue weighted by Gasteiger charge is 2.60. The Kier molecular flexibility index (Phi) is 19.0. The Morgan fingerprint density at radius 1 is 0.746 bits per heavy atom. The minimum Gasteiger partial charge on any atom is -0.497 e. The third-order valence-corrected chi connectivity index (χ3v) is 9.90. The summed E-state index contributed by atoms with van der Waals surface area (Å²) >= 11 is 0. The lowest BCUT2D eigenvalue weighted by atomic mass is 10.1. The highest BCUT2D eigenvalue weighted by Crippen LogP contribution is 2.44. The summed E-state index contributed by atoms with van der Waals surface area (Å²) in [6, 6.07) is 22.5. The predicted octanol–water partition coefficient (Wildman–Crippen LogP) is 10.4. The molecule has 0 spiro atoms. The number of rotatable bonds is 22. The summed E-state index contributed by atoms with van der Waals surface area (Å²) in [5.41, 5.74) is 0.208. The van der Waals surface area contributed by atoms with Crippen LogP contribution in [0.5, 0.6) is 23.1 Å². The predicted molar refractivity (Wildman–Crippen MR) is 246 cm³/mol. The van der Waals surface area contributed by atoms with Crippen LogP contribution in [0.3, 0.4) is 0 Å². The molecule has 0 aliphatic rings. The summed E-state index contributed by atoms with van der Waals surface area (Å²) in [6.45, 7) is 14.4. The number of nitrogens with zero attached hydrogens (tertiary/aromatic N) is 5. The summed E-state index contributed by atoms with van der Waals surface area (Å²) in [5, 5.41) is 12.7. The van der Waals surface area contributed by atoms with Crippen LogP contribution >= 0.6 is 0 Å². The zero-order chi connectivity index (χ0) is 48.4. The van der Waals surface area contributed by atoms with Crippen LogP contribution in [-0.2, 0) is 20.1 Å². The Morgan fingerprint density at radius 3 is 2.04 bits per heavy atom. The number of carbonyl (C=O) groups excluding carboxylic acids is 1. The van der Waals surface area contributed by atoms with Gasteiger partial charge in [-0.05, 0) is 50.8 Å². The van der Waals surface area contributed by atoms with Gasteiger partial charge in [0.15, 0.2) is 0 Å². The molecule has 0 atom stereocenters. The number of hydrogen-bond acceptors (Lipinski definition) is 12. The molecule has 0 unspecified atom stereocenters. The number of aromatic nitrogens is 4. The van der Waals surface area contributed by atoms with Gasteiger partial charge in [-0.3, -0.25) is 5.32 Å². The molecule has 6 rings (SSSR count). The van der Waals surface area contributed by atoms with Gasteiger partial charge in [-0.2, -0.15) is 32.0 Å². The molecule has 2 aromatic heterocycles. The van der Waals surface area contributed by atoms with Crippen molar-refractivity contribution in [3.63, 3.8) is 0 Å². The summed E-state index contributed by atoms with van der Waals surface area (Å²) in [4.78, 5) is 24.5. The number of ether oxygens (including phenoxy) is 6. The van der Waals surface area contributed by atoms with E-state index in [0.717, 1.165) is 10.2 Å². The zero-order valence-electron chi connectivity index (χ0n) is 38.1. The molecule has 3 N–H and O–H groups in total. The fraction of sp³-hybridized carbons (Fsp3) is 0.362. The molecule has 20 heteroatoms. The smallest absolute Gasteiger partial charge is 0.459 e. The van der Waals surface area contributed by atoms with E-state index in [0.29, 0.717) is 72.8 Å². The van der Waals surface area contributed by atoms with Gasteiger partial charge >= 0.3 is 18.1 Å². The van der Waals surface area contributed by atoms with Crippen LogP contribution in [0.25, 0.3) is 16.5 Å². The van der Waals surface area contributed by atoms with E-state index in [4.69, 9.17) is 28.4 Å². The fourth-order valence-electron chi connectivity index (χ4n) is 6.29. The maximum atomic E-state index is 14.4. The first kappa shape index (κ1) is 51.4. The lowest BCUT2D eigenvalue weighted by molar-refractivity contribution is -0.291. The fourth-order valence-corrected chi connectivity index (χ4v) is 6.29. The van der Waals surface area contributed by atoms with Crippen molar-refractivity contribution >= 4 is 39.9 Å². The van der Waals surface area contributed by atoms with Crippen LogP contribution in [0, 0.1) is 6.92 Å². The van der Waals surface area contributed by atoms with Gasteiger partial charge < -0.3 is 44.0 Å². The molecule has 67 heavy (non-hydrogen) atoms. The molecular formula is C47H55F5N8O7. The van der Waals surface area contributed by atoms with Crippen molar-refractivity contribution in [3.8, 4) is 28.8 Å². The van der Waals surface area contributed by atoms with Gasteiger partial charge in [0.2, 0.25) is 11.8 Å². The second-order valence-electron chi connectivity index (χ2n) is 14.5. The van der Waals surface area contributed by atoms with E-state index in [2.05, 4.69) is 56.7 Å². The van der Waals surface area contributed by atoms with E-state index in [-0.39, 0.29) is 29.8 Å². The van der Waals surface area contributed by atoms with Crippen molar-refractivity contribution in [2.45, 2.75) is 39.8 Å². The number of benzene rings is 4. The molecule has 0 fully saturated rings. The standard InChI is InChI=1S/C41H40F5N7O7.C6H15N/c1-26-8-10-28(11-9-26)53-36(25-35(52-53)40(42,43)41(44,45)46)50-39(54)49-33-12-13-34(32-7-5-4-6-31(32)33)60-37-14-15-47-38(51-37)48-27-22-29(56-3)24-30(23-27)59-21-20-58-19-18-57-17-16-55-2;1-4-7(5-2)6-3/h4-15,22-25H,16-21H2,1-3H3,(H,47,48,51)(H2,49,50,54);4-6H2,1-3H3. The molecule has 15 nitrogen and oxygen atoms in total. The van der Waals surface area contributed by atoms with Crippen LogP contribution in [-0.4, -0.2) is 110 Å². The number of halogens is 5. The van der Waals surface area contributed by atoms with Crippen LogP contribution < -0.4 is 30.2 Å². The van der Waals surface area contributed by atoms with Gasteiger partial charge in [0.05, 0.1) is 51.5 Å². The van der Waals surface area contributed by atoms with Crippen molar-refractivity contribution in [1.82, 2.24) is 24.6 Å². The molecular weight excluding hydrogens is 884 g/mol. The van der Waals surface area contributed by atoms with Crippen molar-refractivity contribution < 1.29 is 55.2 Å². The molecule has 0 saturated heterocycles. The molecule has 0 radical (unpaired) electrons. The Bertz CT molecular complexity index is 2480. The second kappa shape index (κ2) is 24.8. The monoisotopic (exact) mass is 938 g/mol. The average Bonchev–Trinajstić information content (AvgIpc) is 3.74. The third-order valence-electron chi connectivity index (χ3n) is 9.90. The number of carbonyl (C=O) groups is 1. The minimum absolute atomic E-state index is 0.145. The maximum absolute atomic E-state index is 14.4. The number of amides is 2. The molecule has 0 aliphatic heterocycles. The maximum Gasteiger partial charge on any atom is 0.459 e. The van der Waals surface area contributed by atoms with Gasteiger partial charge in [0.25, 0.3) is 0 Å². The van der Waals surface area contributed by atoms with Crippen molar-refractivity contribution in [2.24, 2.45) is 0 Å². The van der Waals surface area contributed by atoms with Gasteiger partial charge in [0.1, 0.15) is 35.4 Å². The molecule has 0 saturated carbocycles. The number of urea groups is 1. The Hall–Kier alpha value is -6.61. The number of fused-ring (bicyclic) bond motifs is 1. The van der Waals surface area contributed by atoms with Crippen molar-refractivity contribution in [2.75, 3.05) is 89.4 Å². The van der Waals surface area contributed by atoms with E-state index in [1.165, 1.54) is 51.1 Å². The summed E-state index contributed by atoms with van der Waals surface area (Å²) < 4.78 is 103. The zero-order valence-corrected chi connectivity index (χ0v) is 38.1. The number of aryl methyl sites for hydroxylation is 1. The van der Waals surface area contributed by atoms with Crippen LogP contribution in [0.2, 0.25) is 0 Å². The average molecular weight is 939 g/mol. The third kappa shape index (κ3) is 14.7.